The summed E-state index contributed by atoms with van der Waals surface area (Å²) in [6, 6.07) is 6.83. The first-order valence-electron chi connectivity index (χ1n) is 8.15. The van der Waals surface area contributed by atoms with E-state index in [0.29, 0.717) is 24.5 Å². The number of nitrogens with zero attached hydrogens (tertiary/aromatic N) is 2. The second-order valence-electron chi connectivity index (χ2n) is 5.80. The topological polar surface area (TPSA) is 81.8 Å². The van der Waals surface area contributed by atoms with Gasteiger partial charge in [0.1, 0.15) is 6.42 Å². The number of hydrogen-bond acceptors (Lipinski definition) is 4. The summed E-state index contributed by atoms with van der Waals surface area (Å²) >= 11 is 0. The van der Waals surface area contributed by atoms with Crippen LogP contribution >= 0.6 is 0 Å². The van der Waals surface area contributed by atoms with Crippen LogP contribution in [-0.2, 0) is 14.4 Å². The molecule has 1 aliphatic rings. The summed E-state index contributed by atoms with van der Waals surface area (Å²) in [6.07, 6.45) is -0.170. The molecule has 3 amide bonds. The summed E-state index contributed by atoms with van der Waals surface area (Å²) < 4.78 is 0. The highest BCUT2D eigenvalue weighted by atomic mass is 16.2. The molecule has 1 aromatic rings. The standard InChI is InChI=1S/C17H24N4O3/c1-3-20-7-9-21(10-8-20)17(24)12-16(23)19-15-6-4-5-14(11-15)18-13(2)22/h4-6,11H,3,7-10,12H2,1-2H3,(H,18,22)(H,19,23). The number of carbonyl (C=O) groups is 3. The predicted molar refractivity (Wildman–Crippen MR) is 92.7 cm³/mol. The monoisotopic (exact) mass is 332 g/mol. The summed E-state index contributed by atoms with van der Waals surface area (Å²) in [6.45, 7) is 7.52. The Kier molecular flexibility index (Phi) is 6.31. The highest BCUT2D eigenvalue weighted by Crippen LogP contribution is 2.15. The first-order chi connectivity index (χ1) is 11.5. The van der Waals surface area contributed by atoms with Gasteiger partial charge in [0.05, 0.1) is 0 Å². The minimum atomic E-state index is -0.349. The largest absolute Gasteiger partial charge is 0.340 e. The van der Waals surface area contributed by atoms with Gasteiger partial charge in [0.2, 0.25) is 17.7 Å². The van der Waals surface area contributed by atoms with Crippen LogP contribution in [0.4, 0.5) is 11.4 Å². The van der Waals surface area contributed by atoms with Gasteiger partial charge in [0.25, 0.3) is 0 Å². The average Bonchev–Trinajstić information content (AvgIpc) is 2.54. The fraction of sp³-hybridized carbons (Fsp3) is 0.471. The first-order valence-corrected chi connectivity index (χ1v) is 8.15. The van der Waals surface area contributed by atoms with E-state index in [1.165, 1.54) is 6.92 Å². The van der Waals surface area contributed by atoms with Crippen molar-refractivity contribution >= 4 is 29.1 Å². The second kappa shape index (κ2) is 8.44. The van der Waals surface area contributed by atoms with Crippen LogP contribution in [0.3, 0.4) is 0 Å². The maximum Gasteiger partial charge on any atom is 0.233 e. The van der Waals surface area contributed by atoms with Crippen LogP contribution in [0.15, 0.2) is 24.3 Å². The Bertz CT molecular complexity index is 610. The van der Waals surface area contributed by atoms with E-state index in [-0.39, 0.29) is 24.1 Å². The molecule has 24 heavy (non-hydrogen) atoms. The van der Waals surface area contributed by atoms with Crippen molar-refractivity contribution in [2.45, 2.75) is 20.3 Å². The number of likely N-dealkylation sites (N-methyl/N-ethyl adjacent to an activating group) is 1. The number of piperazine rings is 1. The number of rotatable bonds is 5. The number of hydrogen-bond donors (Lipinski definition) is 2. The van der Waals surface area contributed by atoms with Gasteiger partial charge in [-0.05, 0) is 24.7 Å². The molecule has 0 aromatic heterocycles. The van der Waals surface area contributed by atoms with Crippen molar-refractivity contribution in [2.24, 2.45) is 0 Å². The van der Waals surface area contributed by atoms with Gasteiger partial charge in [-0.25, -0.2) is 0 Å². The summed E-state index contributed by atoms with van der Waals surface area (Å²) in [5.41, 5.74) is 1.15. The van der Waals surface area contributed by atoms with Gasteiger partial charge < -0.3 is 20.4 Å². The van der Waals surface area contributed by atoms with E-state index in [9.17, 15) is 14.4 Å². The normalized spacial score (nSPS) is 15.0. The fourth-order valence-corrected chi connectivity index (χ4v) is 2.65. The summed E-state index contributed by atoms with van der Waals surface area (Å²) in [4.78, 5) is 39.3. The third kappa shape index (κ3) is 5.34. The van der Waals surface area contributed by atoms with Gasteiger partial charge in [0.15, 0.2) is 0 Å². The van der Waals surface area contributed by atoms with Crippen LogP contribution in [0.1, 0.15) is 20.3 Å². The Labute approximate surface area is 142 Å². The fourth-order valence-electron chi connectivity index (χ4n) is 2.65. The van der Waals surface area contributed by atoms with E-state index in [2.05, 4.69) is 22.5 Å². The Hall–Kier alpha value is -2.41. The molecule has 1 fully saturated rings. The lowest BCUT2D eigenvalue weighted by Crippen LogP contribution is -2.49. The molecule has 1 saturated heterocycles. The first kappa shape index (κ1) is 17.9. The number of benzene rings is 1. The molecule has 130 valence electrons. The molecule has 1 aromatic carbocycles. The zero-order chi connectivity index (χ0) is 17.5. The molecular weight excluding hydrogens is 308 g/mol. The van der Waals surface area contributed by atoms with Gasteiger partial charge in [-0.2, -0.15) is 0 Å². The molecule has 0 spiro atoms. The van der Waals surface area contributed by atoms with E-state index >= 15 is 0 Å². The minimum Gasteiger partial charge on any atom is -0.340 e. The Balaban J connectivity index is 1.84. The van der Waals surface area contributed by atoms with Crippen LogP contribution in [0, 0.1) is 0 Å². The molecule has 0 saturated carbocycles. The highest BCUT2D eigenvalue weighted by Gasteiger charge is 2.22. The molecule has 1 aliphatic heterocycles. The van der Waals surface area contributed by atoms with Crippen molar-refractivity contribution in [3.8, 4) is 0 Å². The molecule has 0 unspecified atom stereocenters. The molecule has 7 nitrogen and oxygen atoms in total. The summed E-state index contributed by atoms with van der Waals surface area (Å²) in [5, 5.41) is 5.35. The molecule has 0 aliphatic carbocycles. The van der Waals surface area contributed by atoms with Crippen LogP contribution < -0.4 is 10.6 Å². The smallest absolute Gasteiger partial charge is 0.233 e. The second-order valence-corrected chi connectivity index (χ2v) is 5.80. The van der Waals surface area contributed by atoms with E-state index in [0.717, 1.165) is 19.6 Å². The average molecular weight is 332 g/mol. The van der Waals surface area contributed by atoms with E-state index in [1.54, 1.807) is 29.2 Å². The number of nitrogens with one attached hydrogen (secondary N) is 2. The van der Waals surface area contributed by atoms with Gasteiger partial charge >= 0.3 is 0 Å². The number of carbonyl (C=O) groups excluding carboxylic acids is 3. The zero-order valence-corrected chi connectivity index (χ0v) is 14.2. The maximum absolute atomic E-state index is 12.2. The van der Waals surface area contributed by atoms with Crippen LogP contribution in [0.2, 0.25) is 0 Å². The van der Waals surface area contributed by atoms with Crippen LogP contribution in [0.5, 0.6) is 0 Å². The Morgan fingerprint density at radius 1 is 1.04 bits per heavy atom. The Morgan fingerprint density at radius 2 is 1.67 bits per heavy atom. The highest BCUT2D eigenvalue weighted by molar-refractivity contribution is 6.04. The minimum absolute atomic E-state index is 0.152. The summed E-state index contributed by atoms with van der Waals surface area (Å²) in [5.74, 6) is -0.681. The Morgan fingerprint density at radius 3 is 2.25 bits per heavy atom. The van der Waals surface area contributed by atoms with Crippen molar-refractivity contribution in [1.82, 2.24) is 9.80 Å². The van der Waals surface area contributed by atoms with Gasteiger partial charge in [-0.15, -0.1) is 0 Å². The van der Waals surface area contributed by atoms with Crippen molar-refractivity contribution in [1.29, 1.82) is 0 Å². The predicted octanol–water partition coefficient (Wildman–Crippen LogP) is 1.14. The van der Waals surface area contributed by atoms with Crippen LogP contribution in [0.25, 0.3) is 0 Å². The molecule has 7 heteroatoms. The number of anilines is 2. The van der Waals surface area contributed by atoms with Gasteiger partial charge in [-0.1, -0.05) is 13.0 Å². The third-order valence-corrected chi connectivity index (χ3v) is 3.95. The zero-order valence-electron chi connectivity index (χ0n) is 14.2. The van der Waals surface area contributed by atoms with Crippen molar-refractivity contribution < 1.29 is 14.4 Å². The molecule has 0 radical (unpaired) electrons. The van der Waals surface area contributed by atoms with E-state index in [1.807, 2.05) is 0 Å². The van der Waals surface area contributed by atoms with Crippen molar-refractivity contribution in [3.05, 3.63) is 24.3 Å². The molecule has 1 heterocycles. The van der Waals surface area contributed by atoms with Crippen LogP contribution in [-0.4, -0.2) is 60.2 Å². The number of amides is 3. The lowest BCUT2D eigenvalue weighted by atomic mass is 10.2. The lowest BCUT2D eigenvalue weighted by Gasteiger charge is -2.33. The van der Waals surface area contributed by atoms with Crippen molar-refractivity contribution in [2.75, 3.05) is 43.4 Å². The molecule has 0 atom stereocenters. The molecular formula is C17H24N4O3. The van der Waals surface area contributed by atoms with Gasteiger partial charge in [0, 0.05) is 44.5 Å². The lowest BCUT2D eigenvalue weighted by molar-refractivity contribution is -0.136. The van der Waals surface area contributed by atoms with Crippen molar-refractivity contribution in [3.63, 3.8) is 0 Å². The SMILES string of the molecule is CCN1CCN(C(=O)CC(=O)Nc2cccc(NC(C)=O)c2)CC1. The quantitative estimate of drug-likeness (QED) is 0.792. The molecule has 2 rings (SSSR count). The third-order valence-electron chi connectivity index (χ3n) is 3.95. The maximum atomic E-state index is 12.2. The van der Waals surface area contributed by atoms with E-state index < -0.39 is 0 Å². The van der Waals surface area contributed by atoms with E-state index in [4.69, 9.17) is 0 Å². The molecule has 0 bridgehead atoms. The molecule has 2 N–H and O–H groups in total. The van der Waals surface area contributed by atoms with Gasteiger partial charge in [-0.3, -0.25) is 14.4 Å². The summed E-state index contributed by atoms with van der Waals surface area (Å²) in [7, 11) is 0.